The molecule has 0 aromatic heterocycles. The van der Waals surface area contributed by atoms with E-state index in [0.29, 0.717) is 35.7 Å². The second kappa shape index (κ2) is 9.36. The summed E-state index contributed by atoms with van der Waals surface area (Å²) in [6.45, 7) is 5.84. The number of nitrogens with zero attached hydrogens (tertiary/aromatic N) is 1. The third-order valence-electron chi connectivity index (χ3n) is 6.39. The summed E-state index contributed by atoms with van der Waals surface area (Å²) in [6, 6.07) is 2.88. The molecule has 2 heterocycles. The molecule has 176 valence electrons. The van der Waals surface area contributed by atoms with Gasteiger partial charge in [-0.2, -0.15) is 0 Å². The molecule has 0 bridgehead atoms. The molecule has 0 unspecified atom stereocenters. The van der Waals surface area contributed by atoms with Crippen molar-refractivity contribution in [1.82, 2.24) is 10.2 Å². The van der Waals surface area contributed by atoms with E-state index in [0.717, 1.165) is 0 Å². The number of imide groups is 1. The van der Waals surface area contributed by atoms with Crippen LogP contribution in [0.15, 0.2) is 12.1 Å². The molecule has 1 N–H and O–H groups in total. The fourth-order valence-corrected chi connectivity index (χ4v) is 5.12. The molecule has 1 aromatic carbocycles. The molecule has 2 aliphatic heterocycles. The maximum absolute atomic E-state index is 13.3. The quantitative estimate of drug-likeness (QED) is 0.452. The number of esters is 1. The van der Waals surface area contributed by atoms with Crippen LogP contribution in [0.3, 0.4) is 0 Å². The Morgan fingerprint density at radius 1 is 1.03 bits per heavy atom. The van der Waals surface area contributed by atoms with Crippen LogP contribution in [0.2, 0.25) is 0 Å². The Balaban J connectivity index is 2.20. The smallest absolute Gasteiger partial charge is 0.327 e. The van der Waals surface area contributed by atoms with Crippen molar-refractivity contribution >= 4 is 17.8 Å². The van der Waals surface area contributed by atoms with E-state index in [2.05, 4.69) is 5.32 Å². The third kappa shape index (κ3) is 3.48. The fraction of sp³-hybridized carbons (Fsp3) is 0.609. The molecule has 2 amide bonds. The molecule has 0 aliphatic carbocycles. The molecule has 2 aliphatic rings. The van der Waals surface area contributed by atoms with Crippen molar-refractivity contribution in [2.24, 2.45) is 11.8 Å². The Labute approximate surface area is 188 Å². The molecule has 2 saturated heterocycles. The molecule has 3 rings (SSSR count). The van der Waals surface area contributed by atoms with E-state index in [1.54, 1.807) is 26.0 Å². The Hall–Kier alpha value is -2.81. The van der Waals surface area contributed by atoms with Crippen LogP contribution in [-0.2, 0) is 19.1 Å². The highest BCUT2D eigenvalue weighted by Crippen LogP contribution is 2.52. The van der Waals surface area contributed by atoms with E-state index >= 15 is 0 Å². The van der Waals surface area contributed by atoms with Gasteiger partial charge in [0.1, 0.15) is 5.54 Å². The van der Waals surface area contributed by atoms with Crippen LogP contribution < -0.4 is 19.5 Å². The predicted molar refractivity (Wildman–Crippen MR) is 116 cm³/mol. The highest BCUT2D eigenvalue weighted by Gasteiger charge is 2.68. The number of nitrogens with one attached hydrogen (secondary N) is 1. The summed E-state index contributed by atoms with van der Waals surface area (Å²) in [6.07, 6.45) is 0.995. The summed E-state index contributed by atoms with van der Waals surface area (Å²) < 4.78 is 21.8. The maximum atomic E-state index is 13.3. The van der Waals surface area contributed by atoms with Crippen LogP contribution in [0.1, 0.15) is 45.2 Å². The summed E-state index contributed by atoms with van der Waals surface area (Å²) in [5.74, 6) is -1.47. The molecule has 0 saturated carbocycles. The van der Waals surface area contributed by atoms with Crippen molar-refractivity contribution in [2.45, 2.75) is 45.2 Å². The van der Waals surface area contributed by atoms with Gasteiger partial charge in [-0.3, -0.25) is 24.6 Å². The monoisotopic (exact) mass is 448 g/mol. The van der Waals surface area contributed by atoms with Crippen molar-refractivity contribution in [3.05, 3.63) is 17.7 Å². The number of hydrogen-bond acceptors (Lipinski definition) is 8. The highest BCUT2D eigenvalue weighted by atomic mass is 16.5. The number of benzene rings is 1. The number of likely N-dealkylation sites (tertiary alicyclic amines) is 1. The van der Waals surface area contributed by atoms with Gasteiger partial charge < -0.3 is 18.9 Å². The van der Waals surface area contributed by atoms with Crippen LogP contribution in [0.25, 0.3) is 0 Å². The second-order valence-corrected chi connectivity index (χ2v) is 7.95. The number of fused-ring (bicyclic) bond motifs is 1. The topological polar surface area (TPSA) is 103 Å². The fourth-order valence-electron chi connectivity index (χ4n) is 5.12. The van der Waals surface area contributed by atoms with Crippen LogP contribution >= 0.6 is 0 Å². The van der Waals surface area contributed by atoms with Gasteiger partial charge in [0.15, 0.2) is 11.5 Å². The molecule has 32 heavy (non-hydrogen) atoms. The average molecular weight is 449 g/mol. The number of carbonyl (C=O) groups is 3. The van der Waals surface area contributed by atoms with Gasteiger partial charge in [-0.25, -0.2) is 0 Å². The van der Waals surface area contributed by atoms with Gasteiger partial charge in [0, 0.05) is 12.6 Å². The summed E-state index contributed by atoms with van der Waals surface area (Å²) in [5, 5.41) is 3.36. The zero-order valence-electron chi connectivity index (χ0n) is 19.5. The molecule has 9 heteroatoms. The summed E-state index contributed by atoms with van der Waals surface area (Å²) in [5.41, 5.74) is -0.632. The van der Waals surface area contributed by atoms with E-state index in [1.807, 2.05) is 6.92 Å². The minimum Gasteiger partial charge on any atom is -0.493 e. The average Bonchev–Trinajstić information content (AvgIpc) is 3.27. The number of methoxy groups -OCH3 is 3. The van der Waals surface area contributed by atoms with E-state index in [-0.39, 0.29) is 25.0 Å². The number of amides is 2. The molecule has 9 nitrogen and oxygen atoms in total. The Morgan fingerprint density at radius 2 is 1.66 bits per heavy atom. The molecular formula is C23H32N2O7. The first-order valence-corrected chi connectivity index (χ1v) is 10.9. The lowest BCUT2D eigenvalue weighted by Crippen LogP contribution is -2.56. The number of ether oxygens (including phenoxy) is 4. The van der Waals surface area contributed by atoms with Gasteiger partial charge in [-0.15, -0.1) is 0 Å². The largest absolute Gasteiger partial charge is 0.493 e. The van der Waals surface area contributed by atoms with Crippen molar-refractivity contribution in [2.75, 3.05) is 34.5 Å². The number of carbonyl (C=O) groups excluding carboxylic acids is 3. The van der Waals surface area contributed by atoms with Gasteiger partial charge in [0.05, 0.1) is 39.8 Å². The molecule has 1 aromatic rings. The summed E-state index contributed by atoms with van der Waals surface area (Å²) >= 11 is 0. The standard InChI is InChI=1S/C23H32N2O7/c1-7-10-23(22(28)32-9-3)17-16(20(26)25(8-2)21(17)27)18(24-23)13-11-14(29-4)19(31-6)15(12-13)30-5/h11-12,16-18,24H,7-10H2,1-6H3/t16-,17+,18+,23-/m0/s1. The Kier molecular flexibility index (Phi) is 6.97. The first-order valence-electron chi connectivity index (χ1n) is 10.9. The van der Waals surface area contributed by atoms with Crippen molar-refractivity contribution in [1.29, 1.82) is 0 Å². The van der Waals surface area contributed by atoms with Crippen molar-refractivity contribution in [3.63, 3.8) is 0 Å². The minimum atomic E-state index is -1.29. The zero-order valence-corrected chi connectivity index (χ0v) is 19.5. The van der Waals surface area contributed by atoms with Crippen LogP contribution in [0.5, 0.6) is 17.2 Å². The van der Waals surface area contributed by atoms with Gasteiger partial charge in [0.25, 0.3) is 0 Å². The van der Waals surface area contributed by atoms with Gasteiger partial charge in [-0.1, -0.05) is 13.3 Å². The maximum Gasteiger partial charge on any atom is 0.327 e. The molecule has 2 fully saturated rings. The first-order chi connectivity index (χ1) is 15.3. The third-order valence-corrected chi connectivity index (χ3v) is 6.39. The van der Waals surface area contributed by atoms with Gasteiger partial charge >= 0.3 is 5.97 Å². The summed E-state index contributed by atoms with van der Waals surface area (Å²) in [7, 11) is 4.53. The Morgan fingerprint density at radius 3 is 2.12 bits per heavy atom. The molecule has 0 radical (unpaired) electrons. The SMILES string of the molecule is CCC[C@]1(C(=O)OCC)N[C@H](c2cc(OC)c(OC)c(OC)c2)[C@H]2C(=O)N(CC)C(=O)[C@@H]21. The first kappa shape index (κ1) is 23.8. The van der Waals surface area contributed by atoms with Crippen LogP contribution in [0.4, 0.5) is 0 Å². The zero-order chi connectivity index (χ0) is 23.6. The van der Waals surface area contributed by atoms with Crippen LogP contribution in [0, 0.1) is 11.8 Å². The number of hydrogen-bond donors (Lipinski definition) is 1. The summed E-state index contributed by atoms with van der Waals surface area (Å²) in [4.78, 5) is 41.2. The van der Waals surface area contributed by atoms with E-state index in [4.69, 9.17) is 18.9 Å². The van der Waals surface area contributed by atoms with E-state index < -0.39 is 29.4 Å². The lowest BCUT2D eigenvalue weighted by atomic mass is 9.77. The van der Waals surface area contributed by atoms with Gasteiger partial charge in [-0.05, 0) is 38.0 Å². The van der Waals surface area contributed by atoms with Gasteiger partial charge in [0.2, 0.25) is 17.6 Å². The van der Waals surface area contributed by atoms with E-state index in [9.17, 15) is 14.4 Å². The highest BCUT2D eigenvalue weighted by molar-refractivity contribution is 6.09. The lowest BCUT2D eigenvalue weighted by molar-refractivity contribution is -0.156. The normalized spacial score (nSPS) is 26.8. The van der Waals surface area contributed by atoms with E-state index in [1.165, 1.54) is 26.2 Å². The second-order valence-electron chi connectivity index (χ2n) is 7.95. The molecular weight excluding hydrogens is 416 g/mol. The molecule has 0 spiro atoms. The Bertz CT molecular complexity index is 877. The van der Waals surface area contributed by atoms with Crippen LogP contribution in [-0.4, -0.2) is 62.7 Å². The van der Waals surface area contributed by atoms with Crippen molar-refractivity contribution in [3.8, 4) is 17.2 Å². The number of rotatable bonds is 9. The lowest BCUT2D eigenvalue weighted by Gasteiger charge is -2.32. The minimum absolute atomic E-state index is 0.178. The molecule has 4 atom stereocenters. The van der Waals surface area contributed by atoms with Crippen molar-refractivity contribution < 1.29 is 33.3 Å². The predicted octanol–water partition coefficient (Wildman–Crippen LogP) is 2.08.